The second-order valence-electron chi connectivity index (χ2n) is 6.26. The van der Waals surface area contributed by atoms with E-state index in [4.69, 9.17) is 14.2 Å². The largest absolute Gasteiger partial charge is 0.496 e. The van der Waals surface area contributed by atoms with Crippen molar-refractivity contribution in [1.82, 2.24) is 4.90 Å². The van der Waals surface area contributed by atoms with Crippen molar-refractivity contribution in [2.45, 2.75) is 25.4 Å². The molecule has 2 aromatic carbocycles. The maximum atomic E-state index is 11.3. The summed E-state index contributed by atoms with van der Waals surface area (Å²) in [5, 5.41) is 9.27. The van der Waals surface area contributed by atoms with Gasteiger partial charge in [-0.3, -0.25) is 9.69 Å². The molecule has 1 fully saturated rings. The minimum absolute atomic E-state index is 0.379. The van der Waals surface area contributed by atoms with Gasteiger partial charge in [0.25, 0.3) is 0 Å². The molecule has 0 saturated carbocycles. The van der Waals surface area contributed by atoms with Crippen molar-refractivity contribution < 1.29 is 24.1 Å². The van der Waals surface area contributed by atoms with E-state index in [1.807, 2.05) is 29.2 Å². The molecule has 0 radical (unpaired) electrons. The van der Waals surface area contributed by atoms with Crippen molar-refractivity contribution in [2.75, 3.05) is 20.8 Å². The van der Waals surface area contributed by atoms with E-state index < -0.39 is 5.97 Å². The van der Waals surface area contributed by atoms with E-state index in [0.29, 0.717) is 36.0 Å². The van der Waals surface area contributed by atoms with Crippen molar-refractivity contribution in [3.8, 4) is 23.0 Å². The predicted molar refractivity (Wildman–Crippen MR) is 97.1 cm³/mol. The van der Waals surface area contributed by atoms with Gasteiger partial charge in [-0.15, -0.1) is 0 Å². The molecule has 6 nitrogen and oxygen atoms in total. The number of likely N-dealkylation sites (tertiary alicyclic amines) is 1. The minimum atomic E-state index is -0.741. The molecule has 6 heteroatoms. The number of rotatable bonds is 7. The molecule has 1 aliphatic rings. The number of nitrogens with zero attached hydrogens (tertiary/aromatic N) is 1. The molecular formula is C20H23NO5. The highest BCUT2D eigenvalue weighted by Crippen LogP contribution is 2.31. The molecular weight excluding hydrogens is 334 g/mol. The molecule has 1 unspecified atom stereocenters. The van der Waals surface area contributed by atoms with Crippen molar-refractivity contribution >= 4 is 5.97 Å². The van der Waals surface area contributed by atoms with Crippen LogP contribution in [0.3, 0.4) is 0 Å². The fraction of sp³-hybridized carbons (Fsp3) is 0.350. The topological polar surface area (TPSA) is 68.2 Å². The Labute approximate surface area is 152 Å². The normalized spacial score (nSPS) is 17.1. The van der Waals surface area contributed by atoms with E-state index in [2.05, 4.69) is 0 Å². The smallest absolute Gasteiger partial charge is 0.320 e. The van der Waals surface area contributed by atoms with Crippen LogP contribution in [0, 0.1) is 0 Å². The Bertz CT molecular complexity index is 737. The molecule has 0 aliphatic carbocycles. The first-order chi connectivity index (χ1) is 12.6. The first-order valence-electron chi connectivity index (χ1n) is 8.56. The molecule has 1 aliphatic heterocycles. The molecule has 2 aromatic rings. The third-order valence-corrected chi connectivity index (χ3v) is 4.52. The second-order valence-corrected chi connectivity index (χ2v) is 6.26. The summed E-state index contributed by atoms with van der Waals surface area (Å²) in [4.78, 5) is 13.3. The van der Waals surface area contributed by atoms with Crippen molar-refractivity contribution in [1.29, 1.82) is 0 Å². The number of aliphatic carboxylic acids is 1. The molecule has 26 heavy (non-hydrogen) atoms. The molecule has 0 aromatic heterocycles. The Balaban J connectivity index is 1.67. The zero-order chi connectivity index (χ0) is 18.5. The molecule has 0 spiro atoms. The van der Waals surface area contributed by atoms with Crippen molar-refractivity contribution in [2.24, 2.45) is 0 Å². The first-order valence-corrected chi connectivity index (χ1v) is 8.56. The lowest BCUT2D eigenvalue weighted by Gasteiger charge is -2.21. The van der Waals surface area contributed by atoms with Crippen molar-refractivity contribution in [3.05, 3.63) is 48.0 Å². The average molecular weight is 357 g/mol. The van der Waals surface area contributed by atoms with Crippen LogP contribution in [0.4, 0.5) is 0 Å². The van der Waals surface area contributed by atoms with Gasteiger partial charge in [-0.1, -0.05) is 12.1 Å². The quantitative estimate of drug-likeness (QED) is 0.817. The van der Waals surface area contributed by atoms with Crippen LogP contribution in [-0.2, 0) is 11.3 Å². The highest BCUT2D eigenvalue weighted by Gasteiger charge is 2.30. The Morgan fingerprint density at radius 3 is 2.23 bits per heavy atom. The number of hydrogen-bond donors (Lipinski definition) is 1. The number of methoxy groups -OCH3 is 2. The van der Waals surface area contributed by atoms with E-state index >= 15 is 0 Å². The van der Waals surface area contributed by atoms with E-state index in [1.54, 1.807) is 32.4 Å². The molecule has 1 heterocycles. The lowest BCUT2D eigenvalue weighted by atomic mass is 10.2. The third kappa shape index (κ3) is 4.26. The monoisotopic (exact) mass is 357 g/mol. The van der Waals surface area contributed by atoms with E-state index in [1.165, 1.54) is 0 Å². The van der Waals surface area contributed by atoms with Crippen molar-refractivity contribution in [3.63, 3.8) is 0 Å². The summed E-state index contributed by atoms with van der Waals surface area (Å²) in [5.41, 5.74) is 1.06. The summed E-state index contributed by atoms with van der Waals surface area (Å²) >= 11 is 0. The van der Waals surface area contributed by atoms with Gasteiger partial charge in [0.15, 0.2) is 0 Å². The van der Waals surface area contributed by atoms with Gasteiger partial charge in [0.05, 0.1) is 14.2 Å². The van der Waals surface area contributed by atoms with Gasteiger partial charge >= 0.3 is 5.97 Å². The molecule has 1 atom stereocenters. The van der Waals surface area contributed by atoms with Crippen LogP contribution in [0.5, 0.6) is 23.0 Å². The number of carboxylic acid groups (broad SMARTS) is 1. The van der Waals surface area contributed by atoms with Crippen LogP contribution in [0.15, 0.2) is 42.5 Å². The van der Waals surface area contributed by atoms with E-state index in [-0.39, 0.29) is 6.04 Å². The lowest BCUT2D eigenvalue weighted by molar-refractivity contribution is -0.142. The lowest BCUT2D eigenvalue weighted by Crippen LogP contribution is -2.35. The fourth-order valence-electron chi connectivity index (χ4n) is 3.17. The summed E-state index contributed by atoms with van der Waals surface area (Å²) in [5.74, 6) is 1.89. The molecule has 1 saturated heterocycles. The zero-order valence-corrected chi connectivity index (χ0v) is 15.0. The fourth-order valence-corrected chi connectivity index (χ4v) is 3.17. The van der Waals surface area contributed by atoms with E-state index in [0.717, 1.165) is 18.5 Å². The van der Waals surface area contributed by atoms with Gasteiger partial charge < -0.3 is 19.3 Å². The van der Waals surface area contributed by atoms with Crippen LogP contribution >= 0.6 is 0 Å². The maximum Gasteiger partial charge on any atom is 0.320 e. The van der Waals surface area contributed by atoms with Crippen LogP contribution in [0.2, 0.25) is 0 Å². The zero-order valence-electron chi connectivity index (χ0n) is 15.0. The number of benzene rings is 2. The number of hydrogen-bond acceptors (Lipinski definition) is 5. The SMILES string of the molecule is COc1cc(OC)cc(Oc2ccc(CN3CCCC3C(=O)O)cc2)c1. The Morgan fingerprint density at radius 2 is 1.65 bits per heavy atom. The molecule has 1 N–H and O–H groups in total. The number of carbonyl (C=O) groups is 1. The highest BCUT2D eigenvalue weighted by molar-refractivity contribution is 5.73. The summed E-state index contributed by atoms with van der Waals surface area (Å²) in [6, 6.07) is 12.7. The van der Waals surface area contributed by atoms with Gasteiger partial charge in [0, 0.05) is 24.7 Å². The van der Waals surface area contributed by atoms with Crippen LogP contribution in [0.25, 0.3) is 0 Å². The number of ether oxygens (including phenoxy) is 3. The third-order valence-electron chi connectivity index (χ3n) is 4.52. The Kier molecular flexibility index (Phi) is 5.63. The first kappa shape index (κ1) is 18.1. The number of carboxylic acids is 1. The maximum absolute atomic E-state index is 11.3. The minimum Gasteiger partial charge on any atom is -0.496 e. The van der Waals surface area contributed by atoms with Gasteiger partial charge in [-0.25, -0.2) is 0 Å². The summed E-state index contributed by atoms with van der Waals surface area (Å²) < 4.78 is 16.4. The van der Waals surface area contributed by atoms with Gasteiger partial charge in [-0.05, 0) is 37.1 Å². The van der Waals surface area contributed by atoms with Gasteiger partial charge in [0.1, 0.15) is 29.0 Å². The van der Waals surface area contributed by atoms with Crippen LogP contribution < -0.4 is 14.2 Å². The van der Waals surface area contributed by atoms with Crippen LogP contribution in [0.1, 0.15) is 18.4 Å². The molecule has 3 rings (SSSR count). The standard InChI is InChI=1S/C20H23NO5/c1-24-16-10-17(25-2)12-18(11-16)26-15-7-5-14(6-8-15)13-21-9-3-4-19(21)20(22)23/h5-8,10-12,19H,3-4,9,13H2,1-2H3,(H,22,23). The van der Waals surface area contributed by atoms with E-state index in [9.17, 15) is 9.90 Å². The van der Waals surface area contributed by atoms with Crippen LogP contribution in [-0.4, -0.2) is 42.8 Å². The predicted octanol–water partition coefficient (Wildman–Crippen LogP) is 3.55. The molecule has 0 bridgehead atoms. The Morgan fingerprint density at radius 1 is 1.04 bits per heavy atom. The Hall–Kier alpha value is -2.73. The van der Waals surface area contributed by atoms with Gasteiger partial charge in [0.2, 0.25) is 0 Å². The summed E-state index contributed by atoms with van der Waals surface area (Å²) in [6.45, 7) is 1.45. The average Bonchev–Trinajstić information content (AvgIpc) is 3.11. The molecule has 138 valence electrons. The summed E-state index contributed by atoms with van der Waals surface area (Å²) in [7, 11) is 3.19. The highest BCUT2D eigenvalue weighted by atomic mass is 16.5. The summed E-state index contributed by atoms with van der Waals surface area (Å²) in [6.07, 6.45) is 1.64. The van der Waals surface area contributed by atoms with Gasteiger partial charge in [-0.2, -0.15) is 0 Å². The molecule has 0 amide bonds. The second kappa shape index (κ2) is 8.10.